The van der Waals surface area contributed by atoms with Crippen LogP contribution in [0.2, 0.25) is 0 Å². The number of rotatable bonds is 12. The summed E-state index contributed by atoms with van der Waals surface area (Å²) in [6.07, 6.45) is -1.43. The number of nitrogens with one attached hydrogen (secondary N) is 2. The van der Waals surface area contributed by atoms with Crippen molar-refractivity contribution in [3.05, 3.63) is 102 Å². The molecule has 5 aromatic rings. The number of ether oxygens (including phenoxy) is 1. The van der Waals surface area contributed by atoms with Gasteiger partial charge in [0.05, 0.1) is 35.4 Å². The summed E-state index contributed by atoms with van der Waals surface area (Å²) in [6.45, 7) is 2.22. The van der Waals surface area contributed by atoms with E-state index in [0.29, 0.717) is 11.6 Å². The molecule has 0 spiro atoms. The van der Waals surface area contributed by atoms with Gasteiger partial charge in [-0.05, 0) is 59.6 Å². The predicted octanol–water partition coefficient (Wildman–Crippen LogP) is 3.63. The van der Waals surface area contributed by atoms with E-state index in [1.807, 2.05) is 59.6 Å². The third kappa shape index (κ3) is 6.67. The molecule has 1 aromatic heterocycles. The van der Waals surface area contributed by atoms with E-state index in [1.54, 1.807) is 28.8 Å². The molecule has 8 rings (SSSR count). The minimum atomic E-state index is -0.951. The van der Waals surface area contributed by atoms with E-state index in [2.05, 4.69) is 52.0 Å². The lowest BCUT2D eigenvalue weighted by molar-refractivity contribution is -0.164. The van der Waals surface area contributed by atoms with Crippen LogP contribution in [0, 0.1) is 11.3 Å². The number of amides is 2. The fourth-order valence-corrected chi connectivity index (χ4v) is 8.57. The summed E-state index contributed by atoms with van der Waals surface area (Å²) < 4.78 is 6.98. The second-order valence-corrected chi connectivity index (χ2v) is 14.8. The Balaban J connectivity index is 1.04. The summed E-state index contributed by atoms with van der Waals surface area (Å²) in [7, 11) is 1.64. The molecular weight excluding hydrogens is 691 g/mol. The number of aliphatic hydroxyl groups is 1. The summed E-state index contributed by atoms with van der Waals surface area (Å²) in [5.41, 5.74) is 10.6. The van der Waals surface area contributed by atoms with Crippen molar-refractivity contribution in [2.75, 3.05) is 37.7 Å². The first kappa shape index (κ1) is 34.9. The maximum absolute atomic E-state index is 14.5. The number of nitrogens with two attached hydrogens (primary N) is 1. The van der Waals surface area contributed by atoms with Crippen LogP contribution < -0.4 is 16.4 Å². The Bertz CT molecular complexity index is 2200. The van der Waals surface area contributed by atoms with Crippen molar-refractivity contribution in [1.82, 2.24) is 30.1 Å². The van der Waals surface area contributed by atoms with E-state index in [9.17, 15) is 20.0 Å². The number of hydrogen-bond donors (Lipinski definition) is 4. The van der Waals surface area contributed by atoms with Crippen LogP contribution in [0.5, 0.6) is 0 Å². The number of anilines is 2. The number of nitrogen functional groups attached to an aromatic ring is 1. The van der Waals surface area contributed by atoms with Crippen LogP contribution in [0.25, 0.3) is 21.0 Å². The van der Waals surface area contributed by atoms with Gasteiger partial charge < -0.3 is 30.7 Å². The SMILES string of the molecule is CNC(O)C(C)N(CC#N)N1CC(=O)N2[C@@H](Cc3ccc(NC4OC4c4cccc5ccccc45)cc3)C(=O)N(Cc3cccc4sc(N)nc34)C[C@@H]21. The zero-order valence-corrected chi connectivity index (χ0v) is 30.2. The Morgan fingerprint density at radius 2 is 1.87 bits per heavy atom. The third-order valence-corrected chi connectivity index (χ3v) is 11.4. The van der Waals surface area contributed by atoms with Crippen molar-refractivity contribution >= 4 is 55.0 Å². The molecule has 3 fully saturated rings. The van der Waals surface area contributed by atoms with Crippen LogP contribution in [0.15, 0.2) is 84.9 Å². The number of nitrogens with zero attached hydrogens (tertiary/aromatic N) is 6. The molecule has 4 aromatic carbocycles. The number of aromatic nitrogens is 1. The van der Waals surface area contributed by atoms with E-state index in [1.165, 1.54) is 22.1 Å². The molecule has 3 aliphatic heterocycles. The molecule has 0 saturated carbocycles. The second-order valence-electron chi connectivity index (χ2n) is 13.8. The lowest BCUT2D eigenvalue weighted by Crippen LogP contribution is -2.66. The average molecular weight is 732 g/mol. The highest BCUT2D eigenvalue weighted by atomic mass is 32.1. The first-order valence-electron chi connectivity index (χ1n) is 17.7. The van der Waals surface area contributed by atoms with E-state index in [-0.39, 0.29) is 50.3 Å². The molecule has 0 radical (unpaired) electrons. The Morgan fingerprint density at radius 3 is 2.66 bits per heavy atom. The smallest absolute Gasteiger partial charge is 0.246 e. The summed E-state index contributed by atoms with van der Waals surface area (Å²) in [4.78, 5) is 36.3. The largest absolute Gasteiger partial charge is 0.377 e. The topological polar surface area (TPSA) is 167 Å². The maximum Gasteiger partial charge on any atom is 0.246 e. The van der Waals surface area contributed by atoms with Gasteiger partial charge in [-0.2, -0.15) is 5.26 Å². The maximum atomic E-state index is 14.5. The van der Waals surface area contributed by atoms with Gasteiger partial charge in [-0.1, -0.05) is 78.1 Å². The van der Waals surface area contributed by atoms with Crippen LogP contribution in [0.3, 0.4) is 0 Å². The number of fused-ring (bicyclic) bond motifs is 3. The molecule has 0 bridgehead atoms. The average Bonchev–Trinajstić information content (AvgIpc) is 3.69. The molecule has 14 heteroatoms. The van der Waals surface area contributed by atoms with Crippen LogP contribution in [0.4, 0.5) is 10.8 Å². The first-order chi connectivity index (χ1) is 25.7. The standard InChI is InChI=1S/C39H41N9O4S/c1-23(36(50)42-2)46(18-17-40)47-22-33(49)48-30(38(51)45(21-32(47)48)20-26-9-6-12-31-34(26)44-39(41)53-31)19-24-13-15-27(16-14-24)43-37-35(52-37)29-11-5-8-25-7-3-4-10-28(25)29/h3-16,23,30,32,35-37,42-43,50H,18-22H2,1-2H3,(H2,41,44)/t23?,30-,32+,35?,36?,37?/m0/s1. The highest BCUT2D eigenvalue weighted by Crippen LogP contribution is 2.42. The molecule has 2 amide bonds. The molecule has 4 unspecified atom stereocenters. The highest BCUT2D eigenvalue weighted by molar-refractivity contribution is 7.22. The van der Waals surface area contributed by atoms with Gasteiger partial charge in [-0.25, -0.2) is 15.0 Å². The molecule has 272 valence electrons. The van der Waals surface area contributed by atoms with Gasteiger partial charge in [-0.15, -0.1) is 0 Å². The zero-order valence-electron chi connectivity index (χ0n) is 29.4. The van der Waals surface area contributed by atoms with E-state index in [4.69, 9.17) is 10.5 Å². The molecule has 4 heterocycles. The number of likely N-dealkylation sites (N-methyl/N-ethyl adjacent to an activating group) is 1. The lowest BCUT2D eigenvalue weighted by atomic mass is 9.99. The van der Waals surface area contributed by atoms with E-state index in [0.717, 1.165) is 32.6 Å². The quantitative estimate of drug-likeness (QED) is 0.0841. The van der Waals surface area contributed by atoms with Gasteiger partial charge in [-0.3, -0.25) is 14.9 Å². The van der Waals surface area contributed by atoms with Crippen molar-refractivity contribution in [2.24, 2.45) is 0 Å². The number of hydrazine groups is 1. The fraction of sp³-hybridized carbons (Fsp3) is 0.333. The number of carbonyl (C=O) groups excluding carboxylic acids is 2. The fourth-order valence-electron chi connectivity index (χ4n) is 7.79. The summed E-state index contributed by atoms with van der Waals surface area (Å²) in [5.74, 6) is -0.376. The number of aliphatic hydroxyl groups excluding tert-OH is 1. The number of nitriles is 1. The second kappa shape index (κ2) is 14.4. The zero-order chi connectivity index (χ0) is 36.8. The number of para-hydroxylation sites is 1. The van der Waals surface area contributed by atoms with Gasteiger partial charge in [0.1, 0.15) is 31.1 Å². The molecule has 3 aliphatic rings. The Labute approximate surface area is 311 Å². The molecule has 5 N–H and O–H groups in total. The van der Waals surface area contributed by atoms with Gasteiger partial charge in [0.25, 0.3) is 0 Å². The number of piperazine rings is 1. The van der Waals surface area contributed by atoms with E-state index < -0.39 is 24.5 Å². The first-order valence-corrected chi connectivity index (χ1v) is 18.5. The van der Waals surface area contributed by atoms with Crippen LogP contribution >= 0.6 is 11.3 Å². The molecule has 3 saturated heterocycles. The Kier molecular flexibility index (Phi) is 9.46. The van der Waals surface area contributed by atoms with Gasteiger partial charge in [0, 0.05) is 18.7 Å². The predicted molar refractivity (Wildman–Crippen MR) is 203 cm³/mol. The number of benzene rings is 4. The Morgan fingerprint density at radius 1 is 1.09 bits per heavy atom. The van der Waals surface area contributed by atoms with E-state index >= 15 is 0 Å². The van der Waals surface area contributed by atoms with Gasteiger partial charge in [0.15, 0.2) is 11.4 Å². The number of epoxide rings is 1. The van der Waals surface area contributed by atoms with Crippen molar-refractivity contribution in [1.29, 1.82) is 5.26 Å². The minimum absolute atomic E-state index is 0.0228. The van der Waals surface area contributed by atoms with Crippen LogP contribution in [-0.4, -0.2) is 99.1 Å². The minimum Gasteiger partial charge on any atom is -0.377 e. The summed E-state index contributed by atoms with van der Waals surface area (Å²) in [5, 5.41) is 33.2. The van der Waals surface area contributed by atoms with Crippen molar-refractivity contribution in [2.45, 2.75) is 56.7 Å². The molecule has 0 aliphatic carbocycles. The van der Waals surface area contributed by atoms with Gasteiger partial charge in [0.2, 0.25) is 11.8 Å². The molecular formula is C39H41N9O4S. The third-order valence-electron chi connectivity index (χ3n) is 10.5. The van der Waals surface area contributed by atoms with Crippen molar-refractivity contribution in [3.8, 4) is 6.07 Å². The molecule has 53 heavy (non-hydrogen) atoms. The van der Waals surface area contributed by atoms with Crippen LogP contribution in [0.1, 0.15) is 29.7 Å². The van der Waals surface area contributed by atoms with Crippen molar-refractivity contribution in [3.63, 3.8) is 0 Å². The normalized spacial score (nSPS) is 22.7. The Hall–Kier alpha value is -5.14. The number of thiazole rings is 1. The molecule has 13 nitrogen and oxygen atoms in total. The van der Waals surface area contributed by atoms with Gasteiger partial charge >= 0.3 is 0 Å². The lowest BCUT2D eigenvalue weighted by Gasteiger charge is -2.47. The molecule has 6 atom stereocenters. The number of carbonyl (C=O) groups is 2. The summed E-state index contributed by atoms with van der Waals surface area (Å²) in [6, 6.07) is 29.1. The van der Waals surface area contributed by atoms with Crippen molar-refractivity contribution < 1.29 is 19.4 Å². The highest BCUT2D eigenvalue weighted by Gasteiger charge is 2.52. The van der Waals surface area contributed by atoms with Crippen LogP contribution in [-0.2, 0) is 27.3 Å². The number of hydrogen-bond acceptors (Lipinski definition) is 12. The summed E-state index contributed by atoms with van der Waals surface area (Å²) >= 11 is 1.39. The monoisotopic (exact) mass is 731 g/mol.